The highest BCUT2D eigenvalue weighted by atomic mass is 16.6. The van der Waals surface area contributed by atoms with E-state index in [9.17, 15) is 19.7 Å². The molecule has 5 heteroatoms. The predicted octanol–water partition coefficient (Wildman–Crippen LogP) is 3.03. The number of rotatable bonds is 4. The van der Waals surface area contributed by atoms with Crippen LogP contribution in [-0.2, 0) is 0 Å². The van der Waals surface area contributed by atoms with Gasteiger partial charge in [0.25, 0.3) is 5.69 Å². The smallest absolute Gasteiger partial charge is 0.281 e. The summed E-state index contributed by atoms with van der Waals surface area (Å²) in [5, 5.41) is 11.1. The molecule has 20 heavy (non-hydrogen) atoms. The minimum Gasteiger partial charge on any atom is -0.295 e. The molecule has 0 atom stereocenters. The molecule has 0 spiro atoms. The van der Waals surface area contributed by atoms with E-state index in [1.807, 2.05) is 0 Å². The van der Waals surface area contributed by atoms with Gasteiger partial charge in [0, 0.05) is 17.2 Å². The Bertz CT molecular complexity index is 692. The van der Waals surface area contributed by atoms with Crippen molar-refractivity contribution in [3.8, 4) is 0 Å². The highest BCUT2D eigenvalue weighted by Crippen LogP contribution is 2.23. The summed E-state index contributed by atoms with van der Waals surface area (Å²) in [5.74, 6) is -0.723. The Morgan fingerprint density at radius 3 is 2.20 bits per heavy atom. The van der Waals surface area contributed by atoms with Crippen LogP contribution in [0.2, 0.25) is 0 Å². The van der Waals surface area contributed by atoms with Crippen molar-refractivity contribution < 1.29 is 14.5 Å². The van der Waals surface area contributed by atoms with Crippen LogP contribution in [0.5, 0.6) is 0 Å². The fourth-order valence-corrected chi connectivity index (χ4v) is 1.84. The summed E-state index contributed by atoms with van der Waals surface area (Å²) >= 11 is 0. The molecule has 2 aromatic carbocycles. The van der Waals surface area contributed by atoms with Crippen molar-refractivity contribution >= 4 is 17.3 Å². The maximum atomic E-state index is 12.3. The summed E-state index contributed by atoms with van der Waals surface area (Å²) in [5.41, 5.74) is 0.199. The number of hydrogen-bond acceptors (Lipinski definition) is 4. The highest BCUT2D eigenvalue weighted by Gasteiger charge is 2.22. The van der Waals surface area contributed by atoms with E-state index in [2.05, 4.69) is 0 Å². The Morgan fingerprint density at radius 2 is 1.65 bits per heavy atom. The molecule has 0 aliphatic heterocycles. The Hall–Kier alpha value is -2.82. The molecule has 100 valence electrons. The van der Waals surface area contributed by atoms with Crippen LogP contribution in [0.1, 0.15) is 33.2 Å². The van der Waals surface area contributed by atoms with Gasteiger partial charge in [-0.05, 0) is 13.0 Å². The Morgan fingerprint density at radius 1 is 1.00 bits per heavy atom. The van der Waals surface area contributed by atoms with Crippen LogP contribution < -0.4 is 0 Å². The number of Topliss-reactive ketones (excluding diaryl/α,β-unsaturated/α-hetero) is 1. The molecule has 2 rings (SSSR count). The molecule has 0 N–H and O–H groups in total. The van der Waals surface area contributed by atoms with Crippen LogP contribution in [0.4, 0.5) is 5.69 Å². The largest absolute Gasteiger partial charge is 0.295 e. The first kappa shape index (κ1) is 13.6. The van der Waals surface area contributed by atoms with Gasteiger partial charge in [0.2, 0.25) is 0 Å². The number of benzene rings is 2. The Balaban J connectivity index is 2.54. The second-order valence-electron chi connectivity index (χ2n) is 4.24. The van der Waals surface area contributed by atoms with E-state index in [0.29, 0.717) is 5.56 Å². The third kappa shape index (κ3) is 2.61. The molecule has 0 radical (unpaired) electrons. The molecule has 0 aliphatic rings. The van der Waals surface area contributed by atoms with Crippen molar-refractivity contribution in [1.82, 2.24) is 0 Å². The average molecular weight is 269 g/mol. The van der Waals surface area contributed by atoms with E-state index in [1.54, 1.807) is 30.3 Å². The summed E-state index contributed by atoms with van der Waals surface area (Å²) < 4.78 is 0. The number of nitrogens with zero attached hydrogens (tertiary/aromatic N) is 1. The summed E-state index contributed by atoms with van der Waals surface area (Å²) in [6.07, 6.45) is 0. The molecule has 0 aliphatic carbocycles. The van der Waals surface area contributed by atoms with Crippen molar-refractivity contribution in [2.75, 3.05) is 0 Å². The van der Waals surface area contributed by atoms with Crippen LogP contribution in [0.3, 0.4) is 0 Å². The molecule has 0 unspecified atom stereocenters. The number of nitro groups is 1. The molecular weight excluding hydrogens is 258 g/mol. The molecule has 0 fully saturated rings. The van der Waals surface area contributed by atoms with Crippen molar-refractivity contribution in [3.63, 3.8) is 0 Å². The summed E-state index contributed by atoms with van der Waals surface area (Å²) in [6, 6.07) is 12.2. The first-order valence-corrected chi connectivity index (χ1v) is 5.90. The highest BCUT2D eigenvalue weighted by molar-refractivity contribution is 6.12. The third-order valence-corrected chi connectivity index (χ3v) is 2.88. The fourth-order valence-electron chi connectivity index (χ4n) is 1.84. The second-order valence-corrected chi connectivity index (χ2v) is 4.24. The minimum absolute atomic E-state index is 0.0220. The maximum Gasteiger partial charge on any atom is 0.281 e. The molecular formula is C15H11NO4. The molecule has 0 amide bonds. The number of nitro benzene ring substituents is 1. The monoisotopic (exact) mass is 269 g/mol. The number of ketones is 2. The number of hydrogen-bond donors (Lipinski definition) is 0. The van der Waals surface area contributed by atoms with E-state index in [-0.39, 0.29) is 22.6 Å². The lowest BCUT2D eigenvalue weighted by molar-refractivity contribution is -0.385. The summed E-state index contributed by atoms with van der Waals surface area (Å²) in [6.45, 7) is 1.32. The molecule has 5 nitrogen and oxygen atoms in total. The van der Waals surface area contributed by atoms with Crippen LogP contribution in [0.15, 0.2) is 48.5 Å². The van der Waals surface area contributed by atoms with Crippen molar-refractivity contribution in [2.24, 2.45) is 0 Å². The standard InChI is InChI=1S/C15H11NO4/c1-10(17)12-7-8-13(14(9-12)16(19)20)15(18)11-5-3-2-4-6-11/h2-9H,1H3. The Kier molecular flexibility index (Phi) is 3.70. The van der Waals surface area contributed by atoms with E-state index in [1.165, 1.54) is 19.1 Å². The average Bonchev–Trinajstić information content (AvgIpc) is 2.46. The Labute approximate surface area is 115 Å². The van der Waals surface area contributed by atoms with E-state index in [4.69, 9.17) is 0 Å². The lowest BCUT2D eigenvalue weighted by atomic mass is 9.99. The van der Waals surface area contributed by atoms with Crippen molar-refractivity contribution in [1.29, 1.82) is 0 Å². The van der Waals surface area contributed by atoms with Gasteiger partial charge in [-0.1, -0.05) is 36.4 Å². The van der Waals surface area contributed by atoms with Gasteiger partial charge in [-0.3, -0.25) is 19.7 Å². The molecule has 0 heterocycles. The number of carbonyl (C=O) groups excluding carboxylic acids is 2. The molecule has 2 aromatic rings. The van der Waals surface area contributed by atoms with E-state index in [0.717, 1.165) is 6.07 Å². The molecule has 0 aromatic heterocycles. The molecule has 0 saturated heterocycles. The first-order valence-electron chi connectivity index (χ1n) is 5.90. The van der Waals surface area contributed by atoms with Gasteiger partial charge in [-0.25, -0.2) is 0 Å². The fraction of sp³-hybridized carbons (Fsp3) is 0.0667. The van der Waals surface area contributed by atoms with Gasteiger partial charge in [-0.2, -0.15) is 0 Å². The number of carbonyl (C=O) groups is 2. The van der Waals surface area contributed by atoms with Crippen LogP contribution in [0.25, 0.3) is 0 Å². The van der Waals surface area contributed by atoms with Crippen molar-refractivity contribution in [3.05, 3.63) is 75.3 Å². The van der Waals surface area contributed by atoms with Gasteiger partial charge in [0.1, 0.15) is 5.56 Å². The lowest BCUT2D eigenvalue weighted by Crippen LogP contribution is -2.07. The zero-order chi connectivity index (χ0) is 14.7. The lowest BCUT2D eigenvalue weighted by Gasteiger charge is -2.04. The molecule has 0 bridgehead atoms. The van der Waals surface area contributed by atoms with Crippen LogP contribution >= 0.6 is 0 Å². The quantitative estimate of drug-likeness (QED) is 0.485. The third-order valence-electron chi connectivity index (χ3n) is 2.88. The normalized spacial score (nSPS) is 10.1. The topological polar surface area (TPSA) is 77.3 Å². The van der Waals surface area contributed by atoms with Crippen LogP contribution in [0, 0.1) is 10.1 Å². The summed E-state index contributed by atoms with van der Waals surface area (Å²) in [7, 11) is 0. The zero-order valence-electron chi connectivity index (χ0n) is 10.7. The second kappa shape index (κ2) is 5.44. The molecule has 0 saturated carbocycles. The van der Waals surface area contributed by atoms with Crippen LogP contribution in [-0.4, -0.2) is 16.5 Å². The van der Waals surface area contributed by atoms with Gasteiger partial charge in [-0.15, -0.1) is 0 Å². The minimum atomic E-state index is -0.650. The first-order chi connectivity index (χ1) is 9.50. The van der Waals surface area contributed by atoms with Crippen molar-refractivity contribution in [2.45, 2.75) is 6.92 Å². The SMILES string of the molecule is CC(=O)c1ccc(C(=O)c2ccccc2)c([N+](=O)[O-])c1. The van der Waals surface area contributed by atoms with E-state index < -0.39 is 10.7 Å². The maximum absolute atomic E-state index is 12.3. The van der Waals surface area contributed by atoms with Gasteiger partial charge in [0.15, 0.2) is 11.6 Å². The summed E-state index contributed by atoms with van der Waals surface area (Å²) in [4.78, 5) is 34.0. The van der Waals surface area contributed by atoms with Gasteiger partial charge < -0.3 is 0 Å². The van der Waals surface area contributed by atoms with Gasteiger partial charge in [0.05, 0.1) is 4.92 Å². The van der Waals surface area contributed by atoms with E-state index >= 15 is 0 Å². The van der Waals surface area contributed by atoms with Gasteiger partial charge >= 0.3 is 0 Å². The zero-order valence-corrected chi connectivity index (χ0v) is 10.7. The predicted molar refractivity (Wildman–Crippen MR) is 73.0 cm³/mol.